The number of alkyl halides is 3. The van der Waals surface area contributed by atoms with Crippen LogP contribution < -0.4 is 5.32 Å². The van der Waals surface area contributed by atoms with Gasteiger partial charge in [0, 0.05) is 24.8 Å². The predicted octanol–water partition coefficient (Wildman–Crippen LogP) is 4.98. The second kappa shape index (κ2) is 9.41. The van der Waals surface area contributed by atoms with Crippen LogP contribution in [0, 0.1) is 0 Å². The van der Waals surface area contributed by atoms with E-state index < -0.39 is 12.0 Å². The van der Waals surface area contributed by atoms with Crippen molar-refractivity contribution in [2.45, 2.75) is 38.1 Å². The first-order chi connectivity index (χ1) is 16.9. The van der Waals surface area contributed by atoms with Crippen LogP contribution >= 0.6 is 0 Å². The highest BCUT2D eigenvalue weighted by Crippen LogP contribution is 2.38. The molecule has 5 rings (SSSR count). The number of methoxy groups -OCH3 is 1. The summed E-state index contributed by atoms with van der Waals surface area (Å²) in [7, 11) is 1.55. The van der Waals surface area contributed by atoms with E-state index in [1.807, 2.05) is 48.5 Å². The van der Waals surface area contributed by atoms with E-state index in [0.29, 0.717) is 42.9 Å². The molecule has 0 bridgehead atoms. The van der Waals surface area contributed by atoms with Gasteiger partial charge < -0.3 is 10.1 Å². The first-order valence-electron chi connectivity index (χ1n) is 11.1. The number of aryl methyl sites for hydroxylation is 1. The van der Waals surface area contributed by atoms with Crippen LogP contribution in [0.1, 0.15) is 41.6 Å². The Kier molecular flexibility index (Phi) is 6.16. The van der Waals surface area contributed by atoms with Crippen molar-refractivity contribution in [3.8, 4) is 22.5 Å². The Hall–Kier alpha value is -3.86. The first kappa shape index (κ1) is 22.9. The third-order valence-corrected chi connectivity index (χ3v) is 6.00. The molecule has 8 nitrogen and oxygen atoms in total. The fourth-order valence-corrected chi connectivity index (χ4v) is 4.33. The monoisotopic (exact) mass is 481 g/mol. The molecule has 4 aromatic rings. The number of ether oxygens (including phenoxy) is 1. The van der Waals surface area contributed by atoms with E-state index >= 15 is 0 Å². The maximum absolute atomic E-state index is 13.4. The Labute approximate surface area is 199 Å². The van der Waals surface area contributed by atoms with Crippen molar-refractivity contribution >= 4 is 5.82 Å². The van der Waals surface area contributed by atoms with E-state index in [9.17, 15) is 13.2 Å². The second-order valence-corrected chi connectivity index (χ2v) is 8.20. The molecule has 2 aromatic carbocycles. The number of anilines is 1. The van der Waals surface area contributed by atoms with Crippen molar-refractivity contribution in [3.63, 3.8) is 0 Å². The standard InChI is InChI=1S/C24H22F3N7O/c1-35-19-8-4-7-18-20(19)22(30-23(29-18)24(25,26)27)28-13-14-9-11-15(12-10-14)16-5-2-3-6-17(16)21-31-33-34-32-21/h2-3,5-6,9-12,19H,4,7-8,13H2,1H3,(H,28,29,30)(H,31,32,33,34). The largest absolute Gasteiger partial charge is 0.451 e. The number of hydrogen-bond donors (Lipinski definition) is 2. The Morgan fingerprint density at radius 3 is 2.51 bits per heavy atom. The van der Waals surface area contributed by atoms with Gasteiger partial charge in [-0.3, -0.25) is 0 Å². The van der Waals surface area contributed by atoms with Gasteiger partial charge in [0.05, 0.1) is 11.8 Å². The molecule has 0 aliphatic heterocycles. The van der Waals surface area contributed by atoms with Gasteiger partial charge >= 0.3 is 6.18 Å². The van der Waals surface area contributed by atoms with Gasteiger partial charge in [-0.15, -0.1) is 10.2 Å². The van der Waals surface area contributed by atoms with Crippen LogP contribution in [0.25, 0.3) is 22.5 Å². The first-order valence-corrected chi connectivity index (χ1v) is 11.1. The minimum atomic E-state index is -4.63. The van der Waals surface area contributed by atoms with E-state index in [2.05, 4.69) is 35.9 Å². The number of H-pyrrole nitrogens is 1. The van der Waals surface area contributed by atoms with Gasteiger partial charge in [0.15, 0.2) is 0 Å². The molecule has 35 heavy (non-hydrogen) atoms. The molecule has 180 valence electrons. The number of hydrogen-bond acceptors (Lipinski definition) is 7. The molecule has 1 aliphatic carbocycles. The van der Waals surface area contributed by atoms with Gasteiger partial charge in [0.1, 0.15) is 5.82 Å². The zero-order valence-corrected chi connectivity index (χ0v) is 18.8. The number of nitrogens with one attached hydrogen (secondary N) is 2. The van der Waals surface area contributed by atoms with E-state index in [-0.39, 0.29) is 11.9 Å². The van der Waals surface area contributed by atoms with Crippen molar-refractivity contribution in [3.05, 3.63) is 71.2 Å². The van der Waals surface area contributed by atoms with Crippen molar-refractivity contribution in [1.82, 2.24) is 30.6 Å². The van der Waals surface area contributed by atoms with Gasteiger partial charge in [-0.1, -0.05) is 48.5 Å². The molecule has 2 heterocycles. The molecule has 0 fully saturated rings. The zero-order chi connectivity index (χ0) is 24.4. The summed E-state index contributed by atoms with van der Waals surface area (Å²) in [5.74, 6) is -0.475. The molecular weight excluding hydrogens is 459 g/mol. The lowest BCUT2D eigenvalue weighted by molar-refractivity contribution is -0.145. The summed E-state index contributed by atoms with van der Waals surface area (Å²) in [6, 6.07) is 15.4. The Balaban J connectivity index is 1.40. The summed E-state index contributed by atoms with van der Waals surface area (Å²) in [5, 5.41) is 17.3. The molecule has 1 unspecified atom stereocenters. The van der Waals surface area contributed by atoms with Crippen molar-refractivity contribution in [2.75, 3.05) is 12.4 Å². The molecule has 2 aromatic heterocycles. The number of rotatable bonds is 6. The predicted molar refractivity (Wildman–Crippen MR) is 122 cm³/mol. The minimum absolute atomic E-state index is 0.167. The average molecular weight is 481 g/mol. The maximum Gasteiger partial charge on any atom is 0.451 e. The van der Waals surface area contributed by atoms with Crippen LogP contribution in [0.4, 0.5) is 19.0 Å². The fraction of sp³-hybridized carbons (Fsp3) is 0.292. The van der Waals surface area contributed by atoms with Crippen LogP contribution in [-0.2, 0) is 23.9 Å². The SMILES string of the molecule is COC1CCCc2nc(C(F)(F)F)nc(NCc3ccc(-c4ccccc4-c4nn[nH]n4)cc3)c21. The molecule has 0 spiro atoms. The lowest BCUT2D eigenvalue weighted by atomic mass is 9.93. The van der Waals surface area contributed by atoms with Crippen LogP contribution in [-0.4, -0.2) is 37.7 Å². The molecule has 0 saturated carbocycles. The number of halogens is 3. The topological polar surface area (TPSA) is 102 Å². The quantitative estimate of drug-likeness (QED) is 0.401. The van der Waals surface area contributed by atoms with Crippen molar-refractivity contribution in [1.29, 1.82) is 0 Å². The summed E-state index contributed by atoms with van der Waals surface area (Å²) in [6.07, 6.45) is -3.08. The normalized spacial score (nSPS) is 15.6. The smallest absolute Gasteiger partial charge is 0.377 e. The number of aromatic amines is 1. The number of tetrazole rings is 1. The van der Waals surface area contributed by atoms with E-state index in [0.717, 1.165) is 22.3 Å². The molecule has 0 amide bonds. The summed E-state index contributed by atoms with van der Waals surface area (Å²) in [4.78, 5) is 7.63. The average Bonchev–Trinajstić information content (AvgIpc) is 3.41. The van der Waals surface area contributed by atoms with E-state index in [4.69, 9.17) is 4.74 Å². The third kappa shape index (κ3) is 4.72. The zero-order valence-electron chi connectivity index (χ0n) is 18.8. The molecular formula is C24H22F3N7O. The van der Waals surface area contributed by atoms with Gasteiger partial charge in [-0.25, -0.2) is 9.97 Å². The number of nitrogens with zero attached hydrogens (tertiary/aromatic N) is 5. The molecule has 0 radical (unpaired) electrons. The number of benzene rings is 2. The third-order valence-electron chi connectivity index (χ3n) is 6.00. The Morgan fingerprint density at radius 1 is 1.06 bits per heavy atom. The molecule has 1 atom stereocenters. The highest BCUT2D eigenvalue weighted by Gasteiger charge is 2.38. The maximum atomic E-state index is 13.4. The number of aromatic nitrogens is 6. The molecule has 11 heteroatoms. The fourth-order valence-electron chi connectivity index (χ4n) is 4.33. The Morgan fingerprint density at radius 2 is 1.83 bits per heavy atom. The highest BCUT2D eigenvalue weighted by molar-refractivity contribution is 5.80. The van der Waals surface area contributed by atoms with Gasteiger partial charge in [0.2, 0.25) is 11.6 Å². The van der Waals surface area contributed by atoms with Crippen LogP contribution in [0.15, 0.2) is 48.5 Å². The summed E-state index contributed by atoms with van der Waals surface area (Å²) < 4.78 is 45.8. The van der Waals surface area contributed by atoms with Gasteiger partial charge in [0.25, 0.3) is 0 Å². The highest BCUT2D eigenvalue weighted by atomic mass is 19.4. The molecule has 2 N–H and O–H groups in total. The van der Waals surface area contributed by atoms with Crippen molar-refractivity contribution < 1.29 is 17.9 Å². The van der Waals surface area contributed by atoms with E-state index in [1.54, 1.807) is 7.11 Å². The van der Waals surface area contributed by atoms with Gasteiger partial charge in [-0.2, -0.15) is 18.4 Å². The number of fused-ring (bicyclic) bond motifs is 1. The lowest BCUT2D eigenvalue weighted by Crippen LogP contribution is -2.22. The second-order valence-electron chi connectivity index (χ2n) is 8.20. The minimum Gasteiger partial charge on any atom is -0.377 e. The van der Waals surface area contributed by atoms with Gasteiger partial charge in [-0.05, 0) is 41.2 Å². The molecule has 0 saturated heterocycles. The Bertz CT molecular complexity index is 1310. The summed E-state index contributed by atoms with van der Waals surface area (Å²) in [5.41, 5.74) is 4.61. The molecule has 1 aliphatic rings. The summed E-state index contributed by atoms with van der Waals surface area (Å²) >= 11 is 0. The van der Waals surface area contributed by atoms with Crippen LogP contribution in [0.2, 0.25) is 0 Å². The van der Waals surface area contributed by atoms with Crippen LogP contribution in [0.5, 0.6) is 0 Å². The summed E-state index contributed by atoms with van der Waals surface area (Å²) in [6.45, 7) is 0.296. The van der Waals surface area contributed by atoms with Crippen molar-refractivity contribution in [2.24, 2.45) is 0 Å². The lowest BCUT2D eigenvalue weighted by Gasteiger charge is -2.26. The van der Waals surface area contributed by atoms with E-state index in [1.165, 1.54) is 0 Å². The van der Waals surface area contributed by atoms with Crippen LogP contribution in [0.3, 0.4) is 0 Å².